The number of carbonyl (C=O) groups excluding carboxylic acids is 2. The lowest BCUT2D eigenvalue weighted by Gasteiger charge is -2.21. The molecule has 0 spiro atoms. The van der Waals surface area contributed by atoms with Gasteiger partial charge in [0.2, 0.25) is 5.91 Å². The Morgan fingerprint density at radius 3 is 2.72 bits per heavy atom. The van der Waals surface area contributed by atoms with Gasteiger partial charge in [0, 0.05) is 26.5 Å². The molecule has 0 aromatic carbocycles. The van der Waals surface area contributed by atoms with Crippen LogP contribution in [0.25, 0.3) is 0 Å². The Balaban J connectivity index is 2.21. The van der Waals surface area contributed by atoms with E-state index in [4.69, 9.17) is 14.2 Å². The minimum atomic E-state index is -0.747. The molecule has 2 heterocycles. The Bertz CT molecular complexity index is 729. The van der Waals surface area contributed by atoms with E-state index >= 15 is 0 Å². The first-order valence-corrected chi connectivity index (χ1v) is 7.74. The van der Waals surface area contributed by atoms with Gasteiger partial charge in [-0.05, 0) is 13.0 Å². The van der Waals surface area contributed by atoms with Crippen molar-refractivity contribution < 1.29 is 23.8 Å². The van der Waals surface area contributed by atoms with Crippen LogP contribution in [0.3, 0.4) is 0 Å². The minimum Gasteiger partial charge on any atom is -0.491 e. The number of nitrogens with one attached hydrogen (secondary N) is 1. The smallest absolute Gasteiger partial charge is 0.351 e. The lowest BCUT2D eigenvalue weighted by molar-refractivity contribution is -0.146. The molecule has 0 unspecified atom stereocenters. The fourth-order valence-electron chi connectivity index (χ4n) is 2.50. The molecule has 1 aliphatic rings. The van der Waals surface area contributed by atoms with E-state index in [9.17, 15) is 14.4 Å². The Hall–Kier alpha value is -2.68. The molecule has 136 valence electrons. The van der Waals surface area contributed by atoms with Crippen LogP contribution in [0.2, 0.25) is 0 Å². The van der Waals surface area contributed by atoms with Crippen LogP contribution in [0.15, 0.2) is 29.4 Å². The van der Waals surface area contributed by atoms with E-state index in [1.807, 2.05) is 0 Å². The van der Waals surface area contributed by atoms with Gasteiger partial charge in [-0.3, -0.25) is 14.2 Å². The normalized spacial score (nSPS) is 22.3. The van der Waals surface area contributed by atoms with Gasteiger partial charge < -0.3 is 19.5 Å². The van der Waals surface area contributed by atoms with E-state index in [1.54, 1.807) is 6.92 Å². The zero-order chi connectivity index (χ0) is 18.6. The largest absolute Gasteiger partial charge is 0.491 e. The topological polar surface area (TPSA) is 109 Å². The molecule has 0 bridgehead atoms. The van der Waals surface area contributed by atoms with Crippen LogP contribution in [-0.4, -0.2) is 40.2 Å². The minimum absolute atomic E-state index is 0.0635. The third kappa shape index (κ3) is 5.15. The van der Waals surface area contributed by atoms with E-state index < -0.39 is 30.1 Å². The van der Waals surface area contributed by atoms with Gasteiger partial charge in [0.25, 0.3) is 0 Å². The molecule has 0 aliphatic carbocycles. The average Bonchev–Trinajstić information content (AvgIpc) is 2.86. The summed E-state index contributed by atoms with van der Waals surface area (Å²) < 4.78 is 17.7. The summed E-state index contributed by atoms with van der Waals surface area (Å²) in [5.74, 6) is -0.113. The summed E-state index contributed by atoms with van der Waals surface area (Å²) in [7, 11) is 0. The molecule has 1 aromatic rings. The number of anilines is 1. The highest BCUT2D eigenvalue weighted by molar-refractivity contribution is 5.87. The molecule has 9 heteroatoms. The van der Waals surface area contributed by atoms with Gasteiger partial charge in [-0.25, -0.2) is 4.79 Å². The van der Waals surface area contributed by atoms with Crippen molar-refractivity contribution in [1.29, 1.82) is 0 Å². The van der Waals surface area contributed by atoms with Crippen LogP contribution in [0.5, 0.6) is 0 Å². The van der Waals surface area contributed by atoms with Gasteiger partial charge in [-0.2, -0.15) is 4.98 Å². The maximum atomic E-state index is 12.3. The number of amides is 1. The predicted molar refractivity (Wildman–Crippen MR) is 87.6 cm³/mol. The van der Waals surface area contributed by atoms with E-state index in [-0.39, 0.29) is 18.3 Å². The average molecular weight is 351 g/mol. The summed E-state index contributed by atoms with van der Waals surface area (Å²) in [5.41, 5.74) is -0.597. The summed E-state index contributed by atoms with van der Waals surface area (Å²) >= 11 is 0. The molecule has 0 radical (unpaired) electrons. The van der Waals surface area contributed by atoms with Crippen LogP contribution in [0, 0.1) is 0 Å². The van der Waals surface area contributed by atoms with E-state index in [0.29, 0.717) is 12.2 Å². The van der Waals surface area contributed by atoms with E-state index in [2.05, 4.69) is 16.9 Å². The van der Waals surface area contributed by atoms with Gasteiger partial charge in [0.1, 0.15) is 18.5 Å². The summed E-state index contributed by atoms with van der Waals surface area (Å²) in [6, 6.07) is 1.49. The number of hydrogen-bond donors (Lipinski definition) is 1. The number of allylic oxidation sites excluding steroid dienone is 1. The number of esters is 1. The SMILES string of the molecule is C=C(C)O[C@@H]1C[C@H](COC(C)=O)O[C@H]1n1ccc(NC(C)=O)nc1=O. The zero-order valence-electron chi connectivity index (χ0n) is 14.4. The number of carbonyl (C=O) groups is 2. The first-order valence-electron chi connectivity index (χ1n) is 7.74. The fourth-order valence-corrected chi connectivity index (χ4v) is 2.50. The van der Waals surface area contributed by atoms with Crippen LogP contribution in [0.4, 0.5) is 5.82 Å². The van der Waals surface area contributed by atoms with Crippen molar-refractivity contribution in [3.63, 3.8) is 0 Å². The van der Waals surface area contributed by atoms with Crippen LogP contribution < -0.4 is 11.0 Å². The number of hydrogen-bond acceptors (Lipinski definition) is 7. The molecule has 1 fully saturated rings. The molecule has 0 saturated carbocycles. The Morgan fingerprint density at radius 2 is 2.16 bits per heavy atom. The van der Waals surface area contributed by atoms with Crippen LogP contribution >= 0.6 is 0 Å². The number of rotatable bonds is 6. The van der Waals surface area contributed by atoms with E-state index in [1.165, 1.54) is 30.7 Å². The molecule has 1 N–H and O–H groups in total. The summed E-state index contributed by atoms with van der Waals surface area (Å²) in [4.78, 5) is 38.1. The van der Waals surface area contributed by atoms with Crippen molar-refractivity contribution in [2.75, 3.05) is 11.9 Å². The van der Waals surface area contributed by atoms with Crippen molar-refractivity contribution in [2.45, 2.75) is 45.6 Å². The molecule has 25 heavy (non-hydrogen) atoms. The van der Waals surface area contributed by atoms with Crippen molar-refractivity contribution in [3.05, 3.63) is 35.1 Å². The Morgan fingerprint density at radius 1 is 1.44 bits per heavy atom. The molecule has 9 nitrogen and oxygen atoms in total. The zero-order valence-corrected chi connectivity index (χ0v) is 14.4. The second kappa shape index (κ2) is 7.93. The third-order valence-corrected chi connectivity index (χ3v) is 3.38. The number of aromatic nitrogens is 2. The van der Waals surface area contributed by atoms with Gasteiger partial charge in [0.05, 0.1) is 11.9 Å². The molecule has 2 rings (SSSR count). The molecular weight excluding hydrogens is 330 g/mol. The predicted octanol–water partition coefficient (Wildman–Crippen LogP) is 0.971. The summed E-state index contributed by atoms with van der Waals surface area (Å²) in [5, 5.41) is 2.44. The van der Waals surface area contributed by atoms with Gasteiger partial charge in [-0.1, -0.05) is 6.58 Å². The monoisotopic (exact) mass is 351 g/mol. The summed E-state index contributed by atoms with van der Waals surface area (Å²) in [6.45, 7) is 8.09. The molecule has 3 atom stereocenters. The first-order chi connectivity index (χ1) is 11.8. The third-order valence-electron chi connectivity index (χ3n) is 3.38. The van der Waals surface area contributed by atoms with Crippen LogP contribution in [-0.2, 0) is 23.8 Å². The molecule has 1 aliphatic heterocycles. The number of nitrogens with zero attached hydrogens (tertiary/aromatic N) is 2. The standard InChI is InChI=1S/C16H21N3O6/c1-9(2)24-13-7-12(8-23-11(4)21)25-15(13)19-6-5-14(17-10(3)20)18-16(19)22/h5-6,12-13,15H,1,7-8H2,2-4H3,(H,17,18,20,22)/t12-,13-,15-/m1/s1. The Kier molecular flexibility index (Phi) is 5.92. The second-order valence-electron chi connectivity index (χ2n) is 5.73. The Labute approximate surface area is 144 Å². The highest BCUT2D eigenvalue weighted by Crippen LogP contribution is 2.31. The molecule has 1 saturated heterocycles. The fraction of sp³-hybridized carbons (Fsp3) is 0.500. The summed E-state index contributed by atoms with van der Waals surface area (Å²) in [6.07, 6.45) is 0.242. The maximum Gasteiger partial charge on any atom is 0.351 e. The highest BCUT2D eigenvalue weighted by Gasteiger charge is 2.39. The van der Waals surface area contributed by atoms with Crippen molar-refractivity contribution in [1.82, 2.24) is 9.55 Å². The maximum absolute atomic E-state index is 12.3. The van der Waals surface area contributed by atoms with E-state index in [0.717, 1.165) is 0 Å². The lowest BCUT2D eigenvalue weighted by atomic mass is 10.2. The molecule has 1 amide bonds. The highest BCUT2D eigenvalue weighted by atomic mass is 16.6. The van der Waals surface area contributed by atoms with Gasteiger partial charge in [0.15, 0.2) is 6.23 Å². The lowest BCUT2D eigenvalue weighted by Crippen LogP contribution is -2.33. The number of ether oxygens (including phenoxy) is 3. The molecular formula is C16H21N3O6. The van der Waals surface area contributed by atoms with Crippen molar-refractivity contribution in [3.8, 4) is 0 Å². The van der Waals surface area contributed by atoms with Gasteiger partial charge >= 0.3 is 11.7 Å². The van der Waals surface area contributed by atoms with Crippen LogP contribution in [0.1, 0.15) is 33.4 Å². The van der Waals surface area contributed by atoms with Crippen molar-refractivity contribution >= 4 is 17.7 Å². The molecule has 1 aromatic heterocycles. The van der Waals surface area contributed by atoms with Gasteiger partial charge in [-0.15, -0.1) is 0 Å². The van der Waals surface area contributed by atoms with Crippen molar-refractivity contribution in [2.24, 2.45) is 0 Å². The quantitative estimate of drug-likeness (QED) is 0.601. The first kappa shape index (κ1) is 18.7. The second-order valence-corrected chi connectivity index (χ2v) is 5.73.